The number of unbranched alkanes of at least 4 members (excludes halogenated alkanes) is 18. The van der Waals surface area contributed by atoms with Crippen molar-refractivity contribution in [3.05, 3.63) is 48.6 Å². The first-order valence-electron chi connectivity index (χ1n) is 19.7. The molecule has 9 nitrogen and oxygen atoms in total. The minimum absolute atomic E-state index is 0.0373. The van der Waals surface area contributed by atoms with Crippen LogP contribution in [0.25, 0.3) is 0 Å². The van der Waals surface area contributed by atoms with E-state index in [4.69, 9.17) is 24.3 Å². The predicted molar refractivity (Wildman–Crippen MR) is 206 cm³/mol. The fourth-order valence-corrected chi connectivity index (χ4v) is 5.85. The van der Waals surface area contributed by atoms with E-state index < -0.39 is 32.5 Å². The van der Waals surface area contributed by atoms with Gasteiger partial charge in [-0.15, -0.1) is 0 Å². The highest BCUT2D eigenvalue weighted by atomic mass is 31.2. The SMILES string of the molecule is CCCC/C=C/C/C=C/CCCCCCCC(=O)OC[C@H](COP(=O)(O)OCCN)OC(=O)/C=C/C=C/CCCCCCCCCCCCC. The highest BCUT2D eigenvalue weighted by molar-refractivity contribution is 7.47. The van der Waals surface area contributed by atoms with Crippen molar-refractivity contribution in [2.24, 2.45) is 5.73 Å². The van der Waals surface area contributed by atoms with E-state index in [0.29, 0.717) is 6.42 Å². The lowest BCUT2D eigenvalue weighted by molar-refractivity contribution is -0.157. The topological polar surface area (TPSA) is 134 Å². The molecule has 0 aromatic rings. The Bertz CT molecular complexity index is 965. The third-order valence-corrected chi connectivity index (χ3v) is 9.03. The van der Waals surface area contributed by atoms with Gasteiger partial charge in [0.05, 0.1) is 13.2 Å². The van der Waals surface area contributed by atoms with Crippen molar-refractivity contribution in [2.45, 2.75) is 168 Å². The van der Waals surface area contributed by atoms with Crippen molar-refractivity contribution in [1.29, 1.82) is 0 Å². The van der Waals surface area contributed by atoms with Crippen molar-refractivity contribution in [3.63, 3.8) is 0 Å². The Hall–Kier alpha value is -2.03. The van der Waals surface area contributed by atoms with Gasteiger partial charge >= 0.3 is 19.8 Å². The summed E-state index contributed by atoms with van der Waals surface area (Å²) in [5, 5.41) is 0. The third-order valence-electron chi connectivity index (χ3n) is 8.04. The van der Waals surface area contributed by atoms with Crippen LogP contribution in [0.15, 0.2) is 48.6 Å². The number of carbonyl (C=O) groups is 2. The van der Waals surface area contributed by atoms with Crippen LogP contribution in [0.3, 0.4) is 0 Å². The summed E-state index contributed by atoms with van der Waals surface area (Å²) >= 11 is 0. The Balaban J connectivity index is 4.35. The lowest BCUT2D eigenvalue weighted by Gasteiger charge is -2.19. The van der Waals surface area contributed by atoms with Gasteiger partial charge in [0.15, 0.2) is 6.10 Å². The average molecular weight is 726 g/mol. The zero-order valence-corrected chi connectivity index (χ0v) is 32.5. The molecule has 50 heavy (non-hydrogen) atoms. The van der Waals surface area contributed by atoms with Crippen LogP contribution in [0.5, 0.6) is 0 Å². The fourth-order valence-electron chi connectivity index (χ4n) is 5.09. The van der Waals surface area contributed by atoms with Gasteiger partial charge in [0.2, 0.25) is 0 Å². The monoisotopic (exact) mass is 725 g/mol. The highest BCUT2D eigenvalue weighted by Crippen LogP contribution is 2.43. The highest BCUT2D eigenvalue weighted by Gasteiger charge is 2.25. The molecule has 3 N–H and O–H groups in total. The molecular weight excluding hydrogens is 653 g/mol. The first-order valence-corrected chi connectivity index (χ1v) is 21.2. The maximum absolute atomic E-state index is 12.4. The predicted octanol–water partition coefficient (Wildman–Crippen LogP) is 10.8. The molecule has 0 aliphatic rings. The minimum Gasteiger partial charge on any atom is -0.462 e. The number of esters is 2. The summed E-state index contributed by atoms with van der Waals surface area (Å²) in [5.74, 6) is -1.10. The van der Waals surface area contributed by atoms with E-state index in [-0.39, 0.29) is 26.2 Å². The second-order valence-corrected chi connectivity index (χ2v) is 14.3. The Morgan fingerprint density at radius 1 is 0.660 bits per heavy atom. The van der Waals surface area contributed by atoms with Gasteiger partial charge in [-0.25, -0.2) is 9.36 Å². The molecule has 2 atom stereocenters. The van der Waals surface area contributed by atoms with Crippen LogP contribution in [0.2, 0.25) is 0 Å². The van der Waals surface area contributed by atoms with Crippen molar-refractivity contribution in [3.8, 4) is 0 Å². The number of rotatable bonds is 36. The lowest BCUT2D eigenvalue weighted by atomic mass is 10.1. The van der Waals surface area contributed by atoms with E-state index in [1.54, 1.807) is 12.2 Å². The zero-order valence-electron chi connectivity index (χ0n) is 31.6. The summed E-state index contributed by atoms with van der Waals surface area (Å²) in [6.45, 7) is 3.53. The quantitative estimate of drug-likeness (QED) is 0.0162. The summed E-state index contributed by atoms with van der Waals surface area (Å²) in [6, 6.07) is 0. The second kappa shape index (κ2) is 36.8. The van der Waals surface area contributed by atoms with E-state index in [2.05, 4.69) is 38.2 Å². The van der Waals surface area contributed by atoms with Crippen LogP contribution in [-0.2, 0) is 32.7 Å². The van der Waals surface area contributed by atoms with Gasteiger partial charge in [-0.2, -0.15) is 0 Å². The number of hydrogen-bond acceptors (Lipinski definition) is 8. The molecule has 0 aromatic carbocycles. The molecule has 0 saturated carbocycles. The number of hydrogen-bond donors (Lipinski definition) is 2. The Kier molecular flexibility index (Phi) is 35.3. The van der Waals surface area contributed by atoms with Gasteiger partial charge in [0.1, 0.15) is 6.61 Å². The summed E-state index contributed by atoms with van der Waals surface area (Å²) < 4.78 is 32.4. The molecule has 0 fully saturated rings. The van der Waals surface area contributed by atoms with E-state index >= 15 is 0 Å². The first kappa shape index (κ1) is 48.0. The van der Waals surface area contributed by atoms with E-state index in [9.17, 15) is 19.0 Å². The second-order valence-electron chi connectivity index (χ2n) is 12.9. The van der Waals surface area contributed by atoms with Crippen molar-refractivity contribution in [2.75, 3.05) is 26.4 Å². The lowest BCUT2D eigenvalue weighted by Crippen LogP contribution is -2.29. The summed E-state index contributed by atoms with van der Waals surface area (Å²) in [5.41, 5.74) is 5.32. The molecule has 0 bridgehead atoms. The van der Waals surface area contributed by atoms with Crippen molar-refractivity contribution < 1.29 is 37.6 Å². The van der Waals surface area contributed by atoms with Crippen LogP contribution in [-0.4, -0.2) is 49.3 Å². The van der Waals surface area contributed by atoms with Crippen LogP contribution in [0.4, 0.5) is 0 Å². The molecule has 0 aliphatic heterocycles. The number of carbonyl (C=O) groups excluding carboxylic acids is 2. The van der Waals surface area contributed by atoms with Gasteiger partial charge in [-0.1, -0.05) is 153 Å². The number of ether oxygens (including phenoxy) is 2. The van der Waals surface area contributed by atoms with Gasteiger partial charge in [-0.05, 0) is 44.9 Å². The molecule has 0 spiro atoms. The standard InChI is InChI=1S/C40H72NO8P/c1-3-5-7-9-11-13-15-17-19-21-23-25-27-29-31-33-40(43)49-38(37-48-50(44,45)47-35-34-41)36-46-39(42)32-30-28-26-24-22-20-18-16-14-12-10-8-6-4-2/h10,12,16,18,27,29,31,33,38H,3-9,11,13-15,17,19-26,28,30,32,34-37,41H2,1-2H3,(H,44,45)/b12-10+,18-16+,29-27+,33-31+/t38-/m1/s1. The molecule has 0 amide bonds. The Morgan fingerprint density at radius 2 is 1.20 bits per heavy atom. The van der Waals surface area contributed by atoms with E-state index in [1.807, 2.05) is 6.08 Å². The molecule has 0 rings (SSSR count). The number of nitrogens with two attached hydrogens (primary N) is 1. The van der Waals surface area contributed by atoms with E-state index in [1.165, 1.54) is 83.1 Å². The van der Waals surface area contributed by atoms with Crippen LogP contribution in [0.1, 0.15) is 162 Å². The van der Waals surface area contributed by atoms with Crippen LogP contribution in [0, 0.1) is 0 Å². The molecule has 1 unspecified atom stereocenters. The Labute approximate surface area is 305 Å². The molecular formula is C40H72NO8P. The Morgan fingerprint density at radius 3 is 1.80 bits per heavy atom. The van der Waals surface area contributed by atoms with Crippen molar-refractivity contribution in [1.82, 2.24) is 0 Å². The van der Waals surface area contributed by atoms with Gasteiger partial charge in [0.25, 0.3) is 0 Å². The summed E-state index contributed by atoms with van der Waals surface area (Å²) in [6.07, 6.45) is 40.6. The maximum Gasteiger partial charge on any atom is 0.472 e. The molecule has 0 aliphatic carbocycles. The van der Waals surface area contributed by atoms with Crippen LogP contribution >= 0.6 is 7.82 Å². The number of phosphoric acid groups is 1. The first-order chi connectivity index (χ1) is 24.3. The number of phosphoric ester groups is 1. The minimum atomic E-state index is -4.40. The number of allylic oxidation sites excluding steroid dienone is 7. The zero-order chi connectivity index (χ0) is 36.8. The van der Waals surface area contributed by atoms with Crippen molar-refractivity contribution >= 4 is 19.8 Å². The van der Waals surface area contributed by atoms with E-state index in [0.717, 1.165) is 57.8 Å². The molecule has 0 radical (unpaired) electrons. The normalized spacial score (nSPS) is 13.9. The third kappa shape index (κ3) is 35.8. The average Bonchev–Trinajstić information content (AvgIpc) is 3.10. The molecule has 0 saturated heterocycles. The van der Waals surface area contributed by atoms with Gasteiger partial charge in [-0.3, -0.25) is 13.8 Å². The molecule has 10 heteroatoms. The van der Waals surface area contributed by atoms with Crippen LogP contribution < -0.4 is 5.73 Å². The van der Waals surface area contributed by atoms with Gasteiger partial charge in [0, 0.05) is 19.0 Å². The summed E-state index contributed by atoms with van der Waals surface area (Å²) in [7, 11) is -4.40. The molecule has 0 aromatic heterocycles. The fraction of sp³-hybridized carbons (Fsp3) is 0.750. The smallest absolute Gasteiger partial charge is 0.462 e. The molecule has 290 valence electrons. The molecule has 0 heterocycles. The largest absolute Gasteiger partial charge is 0.472 e. The summed E-state index contributed by atoms with van der Waals surface area (Å²) in [4.78, 5) is 34.6. The maximum atomic E-state index is 12.4. The van der Waals surface area contributed by atoms with Gasteiger partial charge < -0.3 is 20.1 Å².